The summed E-state index contributed by atoms with van der Waals surface area (Å²) in [6, 6.07) is 7.17. The molecule has 6 heterocycles. The molecule has 7 rings (SSSR count). The summed E-state index contributed by atoms with van der Waals surface area (Å²) in [6.07, 6.45) is -6.33. The van der Waals surface area contributed by atoms with Gasteiger partial charge in [-0.25, -0.2) is 19.5 Å². The number of aromatic amines is 1. The fourth-order valence-electron chi connectivity index (χ4n) is 5.34. The van der Waals surface area contributed by atoms with Crippen molar-refractivity contribution in [1.82, 2.24) is 29.1 Å². The standard InChI is InChI=1S/C22H24N6O11P2S2/c29-15-12-5-34-40(32,42)38-17-13(37-21(16(17)30)28-9-26-14-19(28)23-7-24-20(14)31)6-35-41(33,43)39-18(15)22(36-12)27-8-25-10-3-1-2-4-11(10)27/h1-4,7-9,12-13,15-18,21-22,29-30H,5-6H2,(H,32,42)(H,33,43)(H,23,24,31)/t12-,13-,15+,16+,17?,18?,21-,22-,40?,41?/m1/s1. The number of imidazole rings is 2. The predicted molar refractivity (Wildman–Crippen MR) is 152 cm³/mol. The quantitative estimate of drug-likeness (QED) is 0.147. The summed E-state index contributed by atoms with van der Waals surface area (Å²) in [5.74, 6) is 0. The second-order valence-corrected chi connectivity index (χ2v) is 15.6. The molecule has 3 aliphatic heterocycles. The van der Waals surface area contributed by atoms with E-state index < -0.39 is 81.4 Å². The molecule has 3 fully saturated rings. The second kappa shape index (κ2) is 11.1. The van der Waals surface area contributed by atoms with Crippen LogP contribution in [0.15, 0.2) is 48.0 Å². The Balaban J connectivity index is 1.20. The van der Waals surface area contributed by atoms with E-state index in [-0.39, 0.29) is 11.2 Å². The predicted octanol–water partition coefficient (Wildman–Crippen LogP) is 0.758. The van der Waals surface area contributed by atoms with Gasteiger partial charge in [0.25, 0.3) is 5.56 Å². The highest BCUT2D eigenvalue weighted by atomic mass is 32.7. The van der Waals surface area contributed by atoms with Gasteiger partial charge >= 0.3 is 13.5 Å². The summed E-state index contributed by atoms with van der Waals surface area (Å²) in [6.45, 7) is -9.36. The molecule has 230 valence electrons. The van der Waals surface area contributed by atoms with Gasteiger partial charge < -0.3 is 38.7 Å². The number of hydrogen-bond acceptors (Lipinski definition) is 14. The molecule has 0 spiro atoms. The van der Waals surface area contributed by atoms with Gasteiger partial charge in [-0.15, -0.1) is 0 Å². The Labute approximate surface area is 251 Å². The summed E-state index contributed by atoms with van der Waals surface area (Å²) in [5.41, 5.74) is 0.880. The fraction of sp³-hybridized carbons (Fsp3) is 0.455. The number of H-pyrrole nitrogens is 1. The number of nitrogens with one attached hydrogen (secondary N) is 1. The first-order chi connectivity index (χ1) is 20.5. The van der Waals surface area contributed by atoms with Crippen LogP contribution in [0.25, 0.3) is 22.2 Å². The van der Waals surface area contributed by atoms with Crippen LogP contribution in [-0.4, -0.2) is 94.0 Å². The zero-order valence-electron chi connectivity index (χ0n) is 21.7. The monoisotopic (exact) mass is 674 g/mol. The van der Waals surface area contributed by atoms with E-state index in [4.69, 9.17) is 39.4 Å². The van der Waals surface area contributed by atoms with Crippen molar-refractivity contribution in [2.75, 3.05) is 13.2 Å². The van der Waals surface area contributed by atoms with Crippen molar-refractivity contribution in [3.63, 3.8) is 0 Å². The smallest absolute Gasteiger partial charge is 0.386 e. The van der Waals surface area contributed by atoms with Crippen molar-refractivity contribution in [1.29, 1.82) is 0 Å². The van der Waals surface area contributed by atoms with Gasteiger partial charge in [-0.2, -0.15) is 0 Å². The highest BCUT2D eigenvalue weighted by Gasteiger charge is 2.52. The first-order valence-corrected chi connectivity index (χ1v) is 18.1. The zero-order chi connectivity index (χ0) is 30.1. The first-order valence-electron chi connectivity index (χ1n) is 12.8. The minimum absolute atomic E-state index is 0.00525. The van der Waals surface area contributed by atoms with E-state index in [1.165, 1.54) is 17.2 Å². The van der Waals surface area contributed by atoms with Crippen LogP contribution in [0.1, 0.15) is 12.5 Å². The minimum Gasteiger partial charge on any atom is -0.387 e. The highest BCUT2D eigenvalue weighted by Crippen LogP contribution is 2.58. The Morgan fingerprint density at radius 1 is 0.953 bits per heavy atom. The van der Waals surface area contributed by atoms with E-state index in [0.29, 0.717) is 11.0 Å². The lowest BCUT2D eigenvalue weighted by Crippen LogP contribution is -2.36. The molecule has 3 aromatic heterocycles. The van der Waals surface area contributed by atoms with Gasteiger partial charge in [0, 0.05) is 0 Å². The largest absolute Gasteiger partial charge is 0.387 e. The SMILES string of the molecule is O=c1[nH]cnc2c1ncn2[C@@H]1O[C@@H]2COP(O)(=S)OC3[C@@H](O)[C@@H](COP(=O)(S)OC2[C@@H]1O)O[C@H]3n1cnc2ccccc21. The van der Waals surface area contributed by atoms with Gasteiger partial charge in [-0.1, -0.05) is 24.4 Å². The zero-order valence-corrected chi connectivity index (χ0v) is 25.2. The van der Waals surface area contributed by atoms with Gasteiger partial charge in [-0.3, -0.25) is 22.9 Å². The van der Waals surface area contributed by atoms with Crippen LogP contribution in [-0.2, 0) is 43.9 Å². The molecule has 4 aromatic rings. The number of hydrogen-bond donors (Lipinski definition) is 5. The molecular formula is C22H24N6O11P2S2. The molecule has 2 bridgehead atoms. The average Bonchev–Trinajstić information content (AvgIpc) is 3.72. The molecule has 21 heteroatoms. The summed E-state index contributed by atoms with van der Waals surface area (Å²) in [4.78, 5) is 38.1. The van der Waals surface area contributed by atoms with Gasteiger partial charge in [0.1, 0.15) is 36.6 Å². The molecule has 1 aromatic carbocycles. The molecule has 0 radical (unpaired) electrons. The van der Waals surface area contributed by atoms with Crippen LogP contribution in [0.5, 0.6) is 0 Å². The Kier molecular flexibility index (Phi) is 7.62. The summed E-state index contributed by atoms with van der Waals surface area (Å²) >= 11 is 9.35. The molecule has 0 aliphatic carbocycles. The summed E-state index contributed by atoms with van der Waals surface area (Å²) in [5, 5.41) is 22.4. The Hall–Kier alpha value is -2.09. The molecule has 4 N–H and O–H groups in total. The number of benzene rings is 1. The highest BCUT2D eigenvalue weighted by molar-refractivity contribution is 8.44. The Morgan fingerprint density at radius 2 is 1.70 bits per heavy atom. The third kappa shape index (κ3) is 5.42. The van der Waals surface area contributed by atoms with Crippen LogP contribution >= 0.6 is 25.8 Å². The maximum Gasteiger partial charge on any atom is 0.386 e. The normalized spacial score (nSPS) is 38.9. The van der Waals surface area contributed by atoms with Crippen molar-refractivity contribution < 1.29 is 47.2 Å². The van der Waals surface area contributed by atoms with Crippen LogP contribution in [0.3, 0.4) is 0 Å². The van der Waals surface area contributed by atoms with Crippen molar-refractivity contribution >= 4 is 59.8 Å². The molecule has 0 amide bonds. The molecule has 3 saturated heterocycles. The van der Waals surface area contributed by atoms with E-state index in [1.54, 1.807) is 22.8 Å². The first kappa shape index (κ1) is 29.6. The van der Waals surface area contributed by atoms with Crippen LogP contribution in [0, 0.1) is 0 Å². The fourth-order valence-corrected chi connectivity index (χ4v) is 8.25. The maximum atomic E-state index is 13.4. The van der Waals surface area contributed by atoms with Gasteiger partial charge in [0.05, 0.1) is 43.2 Å². The lowest BCUT2D eigenvalue weighted by Gasteiger charge is -2.27. The molecule has 0 saturated carbocycles. The molecule has 3 aliphatic rings. The van der Waals surface area contributed by atoms with E-state index in [0.717, 1.165) is 6.33 Å². The van der Waals surface area contributed by atoms with Crippen LogP contribution < -0.4 is 5.56 Å². The number of aliphatic hydroxyl groups is 2. The third-order valence-electron chi connectivity index (χ3n) is 7.33. The lowest BCUT2D eigenvalue weighted by atomic mass is 10.1. The third-order valence-corrected chi connectivity index (χ3v) is 10.5. The van der Waals surface area contributed by atoms with E-state index in [2.05, 4.69) is 32.2 Å². The van der Waals surface area contributed by atoms with E-state index in [9.17, 15) is 24.5 Å². The molecule has 10 atom stereocenters. The number of para-hydroxylation sites is 2. The van der Waals surface area contributed by atoms with Crippen molar-refractivity contribution in [3.8, 4) is 0 Å². The van der Waals surface area contributed by atoms with Crippen molar-refractivity contribution in [2.45, 2.75) is 49.1 Å². The second-order valence-electron chi connectivity index (χ2n) is 9.98. The average molecular weight is 675 g/mol. The number of rotatable bonds is 2. The van der Waals surface area contributed by atoms with Crippen molar-refractivity contribution in [3.05, 3.63) is 53.6 Å². The summed E-state index contributed by atoms with van der Waals surface area (Å²) < 4.78 is 50.8. The Morgan fingerprint density at radius 3 is 2.53 bits per heavy atom. The number of aliphatic hydroxyl groups excluding tert-OH is 2. The number of ether oxygens (including phenoxy) is 2. The van der Waals surface area contributed by atoms with Crippen LogP contribution in [0.2, 0.25) is 0 Å². The lowest BCUT2D eigenvalue weighted by molar-refractivity contribution is -0.0593. The molecule has 43 heavy (non-hydrogen) atoms. The number of thiol groups is 1. The van der Waals surface area contributed by atoms with Gasteiger partial charge in [-0.05, 0) is 23.9 Å². The number of nitrogens with zero attached hydrogens (tertiary/aromatic N) is 5. The van der Waals surface area contributed by atoms with E-state index in [1.807, 2.05) is 6.07 Å². The van der Waals surface area contributed by atoms with E-state index >= 15 is 0 Å². The molecule has 4 unspecified atom stereocenters. The maximum absolute atomic E-state index is 13.4. The van der Waals surface area contributed by atoms with Crippen molar-refractivity contribution in [2.24, 2.45) is 0 Å². The topological polar surface area (TPSA) is 215 Å². The van der Waals surface area contributed by atoms with Gasteiger partial charge in [0.15, 0.2) is 23.6 Å². The summed E-state index contributed by atoms with van der Waals surface area (Å²) in [7, 11) is 0. The molecule has 17 nitrogen and oxygen atoms in total. The van der Waals surface area contributed by atoms with Crippen LogP contribution in [0.4, 0.5) is 0 Å². The number of aromatic nitrogens is 6. The Bertz CT molecular complexity index is 1840. The number of fused-ring (bicyclic) bond motifs is 5. The minimum atomic E-state index is -4.26. The van der Waals surface area contributed by atoms with Gasteiger partial charge in [0.2, 0.25) is 0 Å². The molecular weight excluding hydrogens is 650 g/mol.